The lowest BCUT2D eigenvalue weighted by atomic mass is 10.6. The summed E-state index contributed by atoms with van der Waals surface area (Å²) in [5.41, 5.74) is 4.36. The van der Waals surface area contributed by atoms with Gasteiger partial charge in [0.25, 0.3) is 5.56 Å². The van der Waals surface area contributed by atoms with Crippen molar-refractivity contribution in [3.05, 3.63) is 16.6 Å². The Bertz CT molecular complexity index is 447. The van der Waals surface area contributed by atoms with E-state index in [2.05, 4.69) is 9.97 Å². The van der Waals surface area contributed by atoms with Gasteiger partial charge in [-0.1, -0.05) is 0 Å². The quantitative estimate of drug-likeness (QED) is 0.574. The van der Waals surface area contributed by atoms with Gasteiger partial charge in [-0.25, -0.2) is 13.4 Å². The van der Waals surface area contributed by atoms with Gasteiger partial charge < -0.3 is 5.73 Å². The Kier molecular flexibility index (Phi) is 1.89. The number of hydrogen-bond acceptors (Lipinski definition) is 5. The van der Waals surface area contributed by atoms with Crippen molar-refractivity contribution >= 4 is 15.8 Å². The van der Waals surface area contributed by atoms with E-state index >= 15 is 0 Å². The molecule has 0 aromatic carbocycles. The molecule has 0 fully saturated rings. The van der Waals surface area contributed by atoms with Gasteiger partial charge in [0.1, 0.15) is 4.90 Å². The molecular formula is C5H7N3O3S. The van der Waals surface area contributed by atoms with Gasteiger partial charge in [0, 0.05) is 6.26 Å². The highest BCUT2D eigenvalue weighted by atomic mass is 32.2. The Morgan fingerprint density at radius 2 is 2.17 bits per heavy atom. The van der Waals surface area contributed by atoms with Gasteiger partial charge in [0.15, 0.2) is 15.8 Å². The summed E-state index contributed by atoms with van der Waals surface area (Å²) in [5.74, 6) is -0.104. The Hall–Kier alpha value is -1.37. The van der Waals surface area contributed by atoms with E-state index in [0.717, 1.165) is 12.5 Å². The molecule has 6 nitrogen and oxygen atoms in total. The molecule has 1 rings (SSSR count). The minimum absolute atomic E-state index is 0.104. The Labute approximate surface area is 68.4 Å². The van der Waals surface area contributed by atoms with E-state index in [-0.39, 0.29) is 10.8 Å². The first-order valence-corrected chi connectivity index (χ1v) is 4.85. The molecule has 0 radical (unpaired) electrons. The topological polar surface area (TPSA) is 106 Å². The third kappa shape index (κ3) is 1.62. The maximum absolute atomic E-state index is 10.9. The summed E-state index contributed by atoms with van der Waals surface area (Å²) < 4.78 is 21.7. The Balaban J connectivity index is 3.50. The van der Waals surface area contributed by atoms with Gasteiger partial charge in [-0.3, -0.25) is 9.78 Å². The molecule has 0 atom stereocenters. The molecule has 0 spiro atoms. The summed E-state index contributed by atoms with van der Waals surface area (Å²) in [5, 5.41) is 0. The van der Waals surface area contributed by atoms with Crippen molar-refractivity contribution in [2.75, 3.05) is 12.0 Å². The fourth-order valence-corrected chi connectivity index (χ4v) is 1.29. The molecule has 7 heteroatoms. The molecule has 0 aliphatic rings. The van der Waals surface area contributed by atoms with Crippen molar-refractivity contribution in [3.63, 3.8) is 0 Å². The van der Waals surface area contributed by atoms with Gasteiger partial charge in [-0.2, -0.15) is 0 Å². The molecule has 0 unspecified atom stereocenters. The van der Waals surface area contributed by atoms with Gasteiger partial charge in [0.05, 0.1) is 6.20 Å². The van der Waals surface area contributed by atoms with Gasteiger partial charge >= 0.3 is 0 Å². The van der Waals surface area contributed by atoms with Crippen molar-refractivity contribution in [2.24, 2.45) is 0 Å². The summed E-state index contributed by atoms with van der Waals surface area (Å²) in [6.07, 6.45) is 1.86. The predicted octanol–water partition coefficient (Wildman–Crippen LogP) is -1.24. The number of anilines is 1. The zero-order valence-electron chi connectivity index (χ0n) is 6.23. The standard InChI is InChI=1S/C5H7N3O3S/c1-12(10,11)3-2-7-5(6)8-4(3)9/h2H,1H3,(H3,6,7,8,9). The molecule has 0 bridgehead atoms. The van der Waals surface area contributed by atoms with E-state index in [1.165, 1.54) is 0 Å². The average Bonchev–Trinajstić information content (AvgIpc) is 1.83. The zero-order chi connectivity index (χ0) is 9.35. The molecule has 66 valence electrons. The maximum Gasteiger partial charge on any atom is 0.271 e. The number of nitrogens with two attached hydrogens (primary N) is 1. The summed E-state index contributed by atoms with van der Waals surface area (Å²) >= 11 is 0. The molecular weight excluding hydrogens is 182 g/mol. The van der Waals surface area contributed by atoms with Crippen LogP contribution in [0.25, 0.3) is 0 Å². The van der Waals surface area contributed by atoms with Crippen molar-refractivity contribution in [2.45, 2.75) is 4.90 Å². The Morgan fingerprint density at radius 3 is 2.58 bits per heavy atom. The van der Waals surface area contributed by atoms with Crippen LogP contribution < -0.4 is 11.3 Å². The van der Waals surface area contributed by atoms with Crippen LogP contribution in [0.15, 0.2) is 15.9 Å². The summed E-state index contributed by atoms with van der Waals surface area (Å²) in [7, 11) is -3.51. The van der Waals surface area contributed by atoms with E-state index in [9.17, 15) is 13.2 Å². The highest BCUT2D eigenvalue weighted by Gasteiger charge is 2.12. The maximum atomic E-state index is 10.9. The second-order valence-electron chi connectivity index (χ2n) is 2.23. The van der Waals surface area contributed by atoms with Crippen molar-refractivity contribution < 1.29 is 8.42 Å². The third-order valence-electron chi connectivity index (χ3n) is 1.19. The van der Waals surface area contributed by atoms with Crippen LogP contribution in [-0.4, -0.2) is 24.6 Å². The zero-order valence-corrected chi connectivity index (χ0v) is 7.05. The molecule has 1 aromatic heterocycles. The molecule has 0 aliphatic carbocycles. The van der Waals surface area contributed by atoms with E-state index in [4.69, 9.17) is 5.73 Å². The third-order valence-corrected chi connectivity index (χ3v) is 2.28. The highest BCUT2D eigenvalue weighted by molar-refractivity contribution is 7.90. The van der Waals surface area contributed by atoms with Crippen LogP contribution in [0.1, 0.15) is 0 Å². The molecule has 3 N–H and O–H groups in total. The average molecular weight is 189 g/mol. The smallest absolute Gasteiger partial charge is 0.271 e. The normalized spacial score (nSPS) is 11.4. The van der Waals surface area contributed by atoms with Crippen LogP contribution in [0.2, 0.25) is 0 Å². The first-order valence-electron chi connectivity index (χ1n) is 2.96. The summed E-state index contributed by atoms with van der Waals surface area (Å²) in [6.45, 7) is 0. The van der Waals surface area contributed by atoms with Crippen molar-refractivity contribution in [1.82, 2.24) is 9.97 Å². The second-order valence-corrected chi connectivity index (χ2v) is 4.22. The van der Waals surface area contributed by atoms with E-state index in [0.29, 0.717) is 0 Å². The lowest BCUT2D eigenvalue weighted by molar-refractivity contribution is 0.600. The number of nitrogens with one attached hydrogen (secondary N) is 1. The molecule has 1 aromatic rings. The van der Waals surface area contributed by atoms with Crippen molar-refractivity contribution in [3.8, 4) is 0 Å². The predicted molar refractivity (Wildman–Crippen MR) is 42.4 cm³/mol. The van der Waals surface area contributed by atoms with Crippen LogP contribution in [0, 0.1) is 0 Å². The number of hydrogen-bond donors (Lipinski definition) is 2. The number of H-pyrrole nitrogens is 1. The first-order chi connectivity index (χ1) is 5.41. The minimum Gasteiger partial charge on any atom is -0.369 e. The molecule has 0 aliphatic heterocycles. The minimum atomic E-state index is -3.51. The number of rotatable bonds is 1. The summed E-state index contributed by atoms with van der Waals surface area (Å²) in [4.78, 5) is 16.1. The largest absolute Gasteiger partial charge is 0.369 e. The SMILES string of the molecule is CS(=O)(=O)c1cnc(N)[nH]c1=O. The number of aromatic nitrogens is 2. The van der Waals surface area contributed by atoms with Crippen LogP contribution in [0.3, 0.4) is 0 Å². The van der Waals surface area contributed by atoms with Crippen LogP contribution in [-0.2, 0) is 9.84 Å². The lowest BCUT2D eigenvalue weighted by Crippen LogP contribution is -2.18. The van der Waals surface area contributed by atoms with Crippen LogP contribution in [0.5, 0.6) is 0 Å². The summed E-state index contributed by atoms with van der Waals surface area (Å²) in [6, 6.07) is 0. The van der Waals surface area contributed by atoms with Gasteiger partial charge in [-0.05, 0) is 0 Å². The lowest BCUT2D eigenvalue weighted by Gasteiger charge is -1.95. The number of aromatic amines is 1. The second kappa shape index (κ2) is 2.59. The van der Waals surface area contributed by atoms with E-state index in [1.54, 1.807) is 0 Å². The van der Waals surface area contributed by atoms with E-state index in [1.807, 2.05) is 0 Å². The van der Waals surface area contributed by atoms with Crippen LogP contribution >= 0.6 is 0 Å². The number of nitrogens with zero attached hydrogens (tertiary/aromatic N) is 1. The molecule has 0 amide bonds. The van der Waals surface area contributed by atoms with Gasteiger partial charge in [-0.15, -0.1) is 0 Å². The fraction of sp³-hybridized carbons (Fsp3) is 0.200. The van der Waals surface area contributed by atoms with Crippen molar-refractivity contribution in [1.29, 1.82) is 0 Å². The van der Waals surface area contributed by atoms with Gasteiger partial charge in [0.2, 0.25) is 0 Å². The monoisotopic (exact) mass is 189 g/mol. The first kappa shape index (κ1) is 8.72. The molecule has 0 saturated heterocycles. The highest BCUT2D eigenvalue weighted by Crippen LogP contribution is 1.98. The molecule has 0 saturated carbocycles. The number of nitrogen functional groups attached to an aromatic ring is 1. The fourth-order valence-electron chi connectivity index (χ4n) is 0.661. The Morgan fingerprint density at radius 1 is 1.58 bits per heavy atom. The molecule has 1 heterocycles. The number of sulfone groups is 1. The van der Waals surface area contributed by atoms with Crippen LogP contribution in [0.4, 0.5) is 5.95 Å². The molecule has 12 heavy (non-hydrogen) atoms. The van der Waals surface area contributed by atoms with E-state index < -0.39 is 15.4 Å².